The van der Waals surface area contributed by atoms with Gasteiger partial charge in [-0.05, 0) is 58.7 Å². The molecule has 0 spiro atoms. The molecule has 4 heteroatoms. The molecule has 6 rings (SSSR count). The molecule has 2 aliphatic rings. The van der Waals surface area contributed by atoms with E-state index in [0.29, 0.717) is 0 Å². The molecule has 4 aromatic rings. The van der Waals surface area contributed by atoms with Crippen LogP contribution in [0.2, 0.25) is 0 Å². The summed E-state index contributed by atoms with van der Waals surface area (Å²) >= 11 is 0. The number of hydrogen-bond donors (Lipinski definition) is 0. The Morgan fingerprint density at radius 2 is 0.812 bits per heavy atom. The Balaban J connectivity index is 1.55. The van der Waals surface area contributed by atoms with Gasteiger partial charge in [0.1, 0.15) is 22.9 Å². The molecule has 0 fully saturated rings. The second kappa shape index (κ2) is 7.20. The average Bonchev–Trinajstić information content (AvgIpc) is 3.34. The van der Waals surface area contributed by atoms with Gasteiger partial charge in [0, 0.05) is 22.3 Å². The first-order valence-corrected chi connectivity index (χ1v) is 10.5. The van der Waals surface area contributed by atoms with Gasteiger partial charge in [-0.2, -0.15) is 0 Å². The number of methoxy groups -OCH3 is 2. The van der Waals surface area contributed by atoms with E-state index in [1.54, 1.807) is 14.2 Å². The third-order valence-corrected chi connectivity index (χ3v) is 6.16. The van der Waals surface area contributed by atoms with E-state index in [4.69, 9.17) is 19.7 Å². The highest BCUT2D eigenvalue weighted by Gasteiger charge is 2.27. The molecular weight excluding hydrogens is 396 g/mol. The molecule has 154 valence electrons. The minimum atomic E-state index is 0.832. The first-order chi connectivity index (χ1) is 15.8. The summed E-state index contributed by atoms with van der Waals surface area (Å²) in [4.78, 5) is 0. The molecule has 32 heavy (non-hydrogen) atoms. The average molecular weight is 416 g/mol. The van der Waals surface area contributed by atoms with Crippen LogP contribution in [0.4, 0.5) is 0 Å². The van der Waals surface area contributed by atoms with Crippen molar-refractivity contribution in [1.29, 1.82) is 0 Å². The first kappa shape index (κ1) is 18.6. The van der Waals surface area contributed by atoms with Crippen molar-refractivity contribution >= 4 is 11.4 Å². The van der Waals surface area contributed by atoms with Crippen LogP contribution in [0.1, 0.15) is 22.3 Å². The number of fused-ring (bicyclic) bond motifs is 6. The molecule has 0 atom stereocenters. The molecule has 4 aromatic carbocycles. The topological polar surface area (TPSA) is 43.2 Å². The van der Waals surface area contributed by atoms with Gasteiger partial charge in [-0.15, -0.1) is 10.2 Å². The summed E-state index contributed by atoms with van der Waals surface area (Å²) in [5.41, 5.74) is 10.6. The minimum absolute atomic E-state index is 0.832. The number of benzene rings is 4. The summed E-state index contributed by atoms with van der Waals surface area (Å²) in [6.45, 7) is 0. The molecule has 0 bridgehead atoms. The lowest BCUT2D eigenvalue weighted by Gasteiger charge is -2.04. The SMILES string of the molecule is COc1ccc2c(c1)-c1ccccc1/C2=N\N=C1/c2ccccc2-c2cc(OC)ccc21. The van der Waals surface area contributed by atoms with Gasteiger partial charge in [0.2, 0.25) is 0 Å². The maximum atomic E-state index is 5.45. The zero-order valence-electron chi connectivity index (χ0n) is 17.8. The van der Waals surface area contributed by atoms with Crippen molar-refractivity contribution in [3.63, 3.8) is 0 Å². The molecule has 0 radical (unpaired) electrons. The molecule has 2 aliphatic carbocycles. The second-order valence-electron chi connectivity index (χ2n) is 7.81. The van der Waals surface area contributed by atoms with Crippen molar-refractivity contribution in [2.24, 2.45) is 10.2 Å². The van der Waals surface area contributed by atoms with Gasteiger partial charge >= 0.3 is 0 Å². The molecule has 0 aromatic heterocycles. The number of ether oxygens (including phenoxy) is 2. The largest absolute Gasteiger partial charge is 0.497 e. The molecule has 0 heterocycles. The zero-order chi connectivity index (χ0) is 21.7. The Morgan fingerprint density at radius 1 is 0.438 bits per heavy atom. The van der Waals surface area contributed by atoms with E-state index >= 15 is 0 Å². The fourth-order valence-electron chi connectivity index (χ4n) is 4.61. The van der Waals surface area contributed by atoms with Crippen LogP contribution in [0.25, 0.3) is 22.3 Å². The standard InChI is InChI=1S/C28H20N2O2/c1-31-17-11-13-23-25(15-17)19-7-3-5-9-21(19)27(23)29-30-28-22-10-6-4-8-20(22)26-16-18(32-2)12-14-24(26)28/h3-16H,1-2H3/b29-27+,30-28+. The Kier molecular flexibility index (Phi) is 4.18. The van der Waals surface area contributed by atoms with Gasteiger partial charge in [0.25, 0.3) is 0 Å². The van der Waals surface area contributed by atoms with E-state index in [0.717, 1.165) is 67.4 Å². The maximum absolute atomic E-state index is 5.45. The Hall–Kier alpha value is -4.18. The van der Waals surface area contributed by atoms with Gasteiger partial charge in [-0.1, -0.05) is 48.5 Å². The second-order valence-corrected chi connectivity index (χ2v) is 7.81. The fourth-order valence-corrected chi connectivity index (χ4v) is 4.61. The molecule has 4 nitrogen and oxygen atoms in total. The van der Waals surface area contributed by atoms with E-state index in [9.17, 15) is 0 Å². The summed E-state index contributed by atoms with van der Waals surface area (Å²) in [6, 6.07) is 28.8. The van der Waals surface area contributed by atoms with E-state index in [2.05, 4.69) is 48.5 Å². The Morgan fingerprint density at radius 3 is 1.22 bits per heavy atom. The lowest BCUT2D eigenvalue weighted by molar-refractivity contribution is 0.415. The minimum Gasteiger partial charge on any atom is -0.497 e. The van der Waals surface area contributed by atoms with Gasteiger partial charge in [0.05, 0.1) is 14.2 Å². The highest BCUT2D eigenvalue weighted by molar-refractivity contribution is 6.27. The predicted octanol–water partition coefficient (Wildman–Crippen LogP) is 5.95. The fraction of sp³-hybridized carbons (Fsp3) is 0.0714. The van der Waals surface area contributed by atoms with E-state index in [-0.39, 0.29) is 0 Å². The first-order valence-electron chi connectivity index (χ1n) is 10.5. The molecule has 0 saturated carbocycles. The van der Waals surface area contributed by atoms with E-state index < -0.39 is 0 Å². The maximum Gasteiger partial charge on any atom is 0.119 e. The third-order valence-electron chi connectivity index (χ3n) is 6.16. The molecule has 0 aliphatic heterocycles. The van der Waals surface area contributed by atoms with Crippen molar-refractivity contribution in [1.82, 2.24) is 0 Å². The smallest absolute Gasteiger partial charge is 0.119 e. The van der Waals surface area contributed by atoms with Crippen LogP contribution < -0.4 is 9.47 Å². The van der Waals surface area contributed by atoms with Crippen LogP contribution in [0.15, 0.2) is 95.1 Å². The Labute approximate surface area is 186 Å². The third kappa shape index (κ3) is 2.70. The normalized spacial score (nSPS) is 15.3. The predicted molar refractivity (Wildman–Crippen MR) is 128 cm³/mol. The van der Waals surface area contributed by atoms with Gasteiger partial charge in [0.15, 0.2) is 0 Å². The zero-order valence-corrected chi connectivity index (χ0v) is 17.8. The van der Waals surface area contributed by atoms with Crippen LogP contribution in [-0.2, 0) is 0 Å². The van der Waals surface area contributed by atoms with E-state index in [1.165, 1.54) is 0 Å². The summed E-state index contributed by atoms with van der Waals surface area (Å²) in [5, 5.41) is 9.63. The highest BCUT2D eigenvalue weighted by Crippen LogP contribution is 2.41. The van der Waals surface area contributed by atoms with Crippen molar-refractivity contribution in [3.05, 3.63) is 107 Å². The number of rotatable bonds is 3. The highest BCUT2D eigenvalue weighted by atomic mass is 16.5. The quantitative estimate of drug-likeness (QED) is 0.334. The number of nitrogens with zero attached hydrogens (tertiary/aromatic N) is 2. The van der Waals surface area contributed by atoms with Crippen molar-refractivity contribution in [2.75, 3.05) is 14.2 Å². The van der Waals surface area contributed by atoms with Crippen molar-refractivity contribution in [3.8, 4) is 33.8 Å². The molecule has 0 saturated heterocycles. The van der Waals surface area contributed by atoms with Crippen LogP contribution in [0.3, 0.4) is 0 Å². The molecular formula is C28H20N2O2. The molecule has 0 unspecified atom stereocenters. The van der Waals surface area contributed by atoms with Crippen LogP contribution in [0.5, 0.6) is 11.5 Å². The van der Waals surface area contributed by atoms with Gasteiger partial charge in [-0.25, -0.2) is 0 Å². The lowest BCUT2D eigenvalue weighted by atomic mass is 10.1. The molecule has 0 N–H and O–H groups in total. The van der Waals surface area contributed by atoms with E-state index in [1.807, 2.05) is 36.4 Å². The summed E-state index contributed by atoms with van der Waals surface area (Å²) in [7, 11) is 3.38. The van der Waals surface area contributed by atoms with Crippen LogP contribution >= 0.6 is 0 Å². The summed E-state index contributed by atoms with van der Waals surface area (Å²) < 4.78 is 10.9. The molecule has 0 amide bonds. The Bertz CT molecular complexity index is 1340. The van der Waals surface area contributed by atoms with Crippen LogP contribution in [0, 0.1) is 0 Å². The van der Waals surface area contributed by atoms with Crippen molar-refractivity contribution in [2.45, 2.75) is 0 Å². The monoisotopic (exact) mass is 416 g/mol. The lowest BCUT2D eigenvalue weighted by Crippen LogP contribution is -2.01. The van der Waals surface area contributed by atoms with Crippen LogP contribution in [-0.4, -0.2) is 25.6 Å². The summed E-state index contributed by atoms with van der Waals surface area (Å²) in [5.74, 6) is 1.66. The van der Waals surface area contributed by atoms with Crippen molar-refractivity contribution < 1.29 is 9.47 Å². The van der Waals surface area contributed by atoms with Gasteiger partial charge < -0.3 is 9.47 Å². The summed E-state index contributed by atoms with van der Waals surface area (Å²) in [6.07, 6.45) is 0. The van der Waals surface area contributed by atoms with Gasteiger partial charge in [-0.3, -0.25) is 0 Å². The number of hydrogen-bond acceptors (Lipinski definition) is 4.